The van der Waals surface area contributed by atoms with Crippen molar-refractivity contribution in [2.24, 2.45) is 0 Å². The van der Waals surface area contributed by atoms with Crippen LogP contribution in [0.15, 0.2) is 18.2 Å². The van der Waals surface area contributed by atoms with Crippen molar-refractivity contribution in [3.63, 3.8) is 0 Å². The summed E-state index contributed by atoms with van der Waals surface area (Å²) in [5.74, 6) is 0. The van der Waals surface area contributed by atoms with E-state index in [1.807, 2.05) is 13.0 Å². The number of benzene rings is 1. The topological polar surface area (TPSA) is 50.4 Å². The smallest absolute Gasteiger partial charge is 0.319 e. The van der Waals surface area contributed by atoms with Crippen LogP contribution < -0.4 is 10.6 Å². The fraction of sp³-hybridized carbons (Fsp3) is 0.562. The highest BCUT2D eigenvalue weighted by Gasteiger charge is 2.23. The standard InChI is InChI=1S/C16H22N2O2/c1-11(15-6-3-9-20-15)17-16(19)18-14-8-7-12-4-2-5-13(12)10-14/h7-8,10-11,15H,2-6,9H2,1H3,(H2,17,18,19)/t11-,15+/m1/s1. The lowest BCUT2D eigenvalue weighted by Crippen LogP contribution is -2.42. The van der Waals surface area contributed by atoms with Crippen molar-refractivity contribution in [2.45, 2.75) is 51.2 Å². The minimum absolute atomic E-state index is 0.0481. The molecule has 0 spiro atoms. The summed E-state index contributed by atoms with van der Waals surface area (Å²) in [4.78, 5) is 12.0. The minimum Gasteiger partial charge on any atom is -0.376 e. The van der Waals surface area contributed by atoms with Crippen LogP contribution in [-0.4, -0.2) is 24.8 Å². The monoisotopic (exact) mass is 274 g/mol. The summed E-state index contributed by atoms with van der Waals surface area (Å²) >= 11 is 0. The van der Waals surface area contributed by atoms with Gasteiger partial charge in [-0.2, -0.15) is 0 Å². The second kappa shape index (κ2) is 5.83. The van der Waals surface area contributed by atoms with E-state index in [0.29, 0.717) is 0 Å². The van der Waals surface area contributed by atoms with Gasteiger partial charge in [0.1, 0.15) is 0 Å². The molecule has 2 N–H and O–H groups in total. The number of rotatable bonds is 3. The van der Waals surface area contributed by atoms with Crippen LogP contribution in [0.1, 0.15) is 37.3 Å². The van der Waals surface area contributed by atoms with E-state index in [1.54, 1.807) is 0 Å². The summed E-state index contributed by atoms with van der Waals surface area (Å²) in [6.45, 7) is 2.81. The Morgan fingerprint density at radius 3 is 2.95 bits per heavy atom. The van der Waals surface area contributed by atoms with Crippen molar-refractivity contribution in [3.8, 4) is 0 Å². The van der Waals surface area contributed by atoms with Crippen LogP contribution in [0.5, 0.6) is 0 Å². The number of carbonyl (C=O) groups excluding carboxylic acids is 1. The van der Waals surface area contributed by atoms with Gasteiger partial charge in [0.05, 0.1) is 12.1 Å². The molecule has 3 rings (SSSR count). The molecule has 1 fully saturated rings. The Morgan fingerprint density at radius 1 is 1.30 bits per heavy atom. The van der Waals surface area contributed by atoms with E-state index in [0.717, 1.165) is 38.0 Å². The van der Waals surface area contributed by atoms with Crippen molar-refractivity contribution < 1.29 is 9.53 Å². The molecule has 1 aliphatic heterocycles. The second-order valence-electron chi connectivity index (χ2n) is 5.78. The molecule has 20 heavy (non-hydrogen) atoms. The molecule has 1 saturated heterocycles. The third-order valence-corrected chi connectivity index (χ3v) is 4.24. The molecule has 0 bridgehead atoms. The molecular weight excluding hydrogens is 252 g/mol. The van der Waals surface area contributed by atoms with E-state index in [9.17, 15) is 4.79 Å². The molecule has 1 aromatic carbocycles. The summed E-state index contributed by atoms with van der Waals surface area (Å²) in [6, 6.07) is 6.11. The van der Waals surface area contributed by atoms with Crippen molar-refractivity contribution in [3.05, 3.63) is 29.3 Å². The van der Waals surface area contributed by atoms with E-state index >= 15 is 0 Å². The maximum absolute atomic E-state index is 12.0. The first kappa shape index (κ1) is 13.4. The van der Waals surface area contributed by atoms with Gasteiger partial charge < -0.3 is 15.4 Å². The third kappa shape index (κ3) is 2.96. The van der Waals surface area contributed by atoms with Gasteiger partial charge in [-0.15, -0.1) is 0 Å². The number of carbonyl (C=O) groups is 1. The Morgan fingerprint density at radius 2 is 2.15 bits per heavy atom. The van der Waals surface area contributed by atoms with Crippen LogP contribution in [0.4, 0.5) is 10.5 Å². The molecule has 2 atom stereocenters. The van der Waals surface area contributed by atoms with E-state index in [-0.39, 0.29) is 18.2 Å². The fourth-order valence-corrected chi connectivity index (χ4v) is 3.11. The lowest BCUT2D eigenvalue weighted by molar-refractivity contribution is 0.0868. The van der Waals surface area contributed by atoms with Crippen LogP contribution in [0.3, 0.4) is 0 Å². The van der Waals surface area contributed by atoms with Gasteiger partial charge in [0, 0.05) is 12.3 Å². The number of anilines is 1. The highest BCUT2D eigenvalue weighted by Crippen LogP contribution is 2.24. The van der Waals surface area contributed by atoms with Gasteiger partial charge in [-0.05, 0) is 62.3 Å². The molecule has 108 valence electrons. The van der Waals surface area contributed by atoms with Gasteiger partial charge in [-0.25, -0.2) is 4.79 Å². The molecule has 2 aliphatic rings. The van der Waals surface area contributed by atoms with Gasteiger partial charge in [-0.3, -0.25) is 0 Å². The van der Waals surface area contributed by atoms with Crippen LogP contribution in [0.25, 0.3) is 0 Å². The zero-order valence-corrected chi connectivity index (χ0v) is 11.9. The average molecular weight is 274 g/mol. The van der Waals surface area contributed by atoms with Crippen LogP contribution in [-0.2, 0) is 17.6 Å². The number of hydrogen-bond acceptors (Lipinski definition) is 2. The highest BCUT2D eigenvalue weighted by atomic mass is 16.5. The molecule has 0 unspecified atom stereocenters. The molecule has 0 radical (unpaired) electrons. The quantitative estimate of drug-likeness (QED) is 0.890. The SMILES string of the molecule is C[C@@H](NC(=O)Nc1ccc2c(c1)CCC2)[C@@H]1CCCO1. The molecule has 0 saturated carbocycles. The van der Waals surface area contributed by atoms with Gasteiger partial charge >= 0.3 is 6.03 Å². The zero-order chi connectivity index (χ0) is 13.9. The van der Waals surface area contributed by atoms with Crippen molar-refractivity contribution in [2.75, 3.05) is 11.9 Å². The molecule has 0 aromatic heterocycles. The van der Waals surface area contributed by atoms with Gasteiger partial charge in [0.25, 0.3) is 0 Å². The Labute approximate surface area is 119 Å². The zero-order valence-electron chi connectivity index (χ0n) is 11.9. The van der Waals surface area contributed by atoms with Crippen molar-refractivity contribution in [1.82, 2.24) is 5.32 Å². The first-order chi connectivity index (χ1) is 9.72. The maximum Gasteiger partial charge on any atom is 0.319 e. The number of amides is 2. The number of nitrogens with one attached hydrogen (secondary N) is 2. The summed E-state index contributed by atoms with van der Waals surface area (Å²) in [5, 5.41) is 5.88. The number of fused-ring (bicyclic) bond motifs is 1. The Hall–Kier alpha value is -1.55. The highest BCUT2D eigenvalue weighted by molar-refractivity contribution is 5.89. The predicted octanol–water partition coefficient (Wildman–Crippen LogP) is 2.86. The number of hydrogen-bond donors (Lipinski definition) is 2. The third-order valence-electron chi connectivity index (χ3n) is 4.24. The summed E-state index contributed by atoms with van der Waals surface area (Å²) < 4.78 is 5.58. The van der Waals surface area contributed by atoms with Crippen LogP contribution in [0, 0.1) is 0 Å². The van der Waals surface area contributed by atoms with Crippen LogP contribution in [0.2, 0.25) is 0 Å². The Kier molecular flexibility index (Phi) is 3.92. The molecule has 4 heteroatoms. The van der Waals surface area contributed by atoms with Crippen molar-refractivity contribution in [1.29, 1.82) is 0 Å². The Balaban J connectivity index is 1.55. The van der Waals surface area contributed by atoms with E-state index in [2.05, 4.69) is 22.8 Å². The van der Waals surface area contributed by atoms with E-state index in [4.69, 9.17) is 4.74 Å². The lowest BCUT2D eigenvalue weighted by atomic mass is 10.1. The first-order valence-electron chi connectivity index (χ1n) is 7.53. The van der Waals surface area contributed by atoms with Gasteiger partial charge in [-0.1, -0.05) is 6.07 Å². The summed E-state index contributed by atoms with van der Waals surface area (Å²) in [6.07, 6.45) is 5.78. The summed E-state index contributed by atoms with van der Waals surface area (Å²) in [5.41, 5.74) is 3.67. The van der Waals surface area contributed by atoms with Crippen LogP contribution >= 0.6 is 0 Å². The minimum atomic E-state index is -0.147. The number of urea groups is 1. The number of ether oxygens (including phenoxy) is 1. The molecule has 1 aromatic rings. The first-order valence-corrected chi connectivity index (χ1v) is 7.53. The normalized spacial score (nSPS) is 22.4. The predicted molar refractivity (Wildman–Crippen MR) is 79.1 cm³/mol. The molecule has 1 heterocycles. The second-order valence-corrected chi connectivity index (χ2v) is 5.78. The van der Waals surface area contributed by atoms with Gasteiger partial charge in [0.2, 0.25) is 0 Å². The molecule has 4 nitrogen and oxygen atoms in total. The largest absolute Gasteiger partial charge is 0.376 e. The average Bonchev–Trinajstić information content (AvgIpc) is 3.09. The maximum atomic E-state index is 12.0. The van der Waals surface area contributed by atoms with Gasteiger partial charge in [0.15, 0.2) is 0 Å². The molecule has 2 amide bonds. The molecular formula is C16H22N2O2. The van der Waals surface area contributed by atoms with Crippen molar-refractivity contribution >= 4 is 11.7 Å². The Bertz CT molecular complexity index is 495. The summed E-state index contributed by atoms with van der Waals surface area (Å²) in [7, 11) is 0. The molecule has 1 aliphatic carbocycles. The lowest BCUT2D eigenvalue weighted by Gasteiger charge is -2.20. The van der Waals surface area contributed by atoms with E-state index < -0.39 is 0 Å². The van der Waals surface area contributed by atoms with E-state index in [1.165, 1.54) is 17.5 Å². The number of aryl methyl sites for hydroxylation is 2. The fourth-order valence-electron chi connectivity index (χ4n) is 3.11.